The van der Waals surface area contributed by atoms with Gasteiger partial charge >= 0.3 is 5.97 Å². The zero-order valence-corrected chi connectivity index (χ0v) is 13.9. The molecule has 0 aromatic heterocycles. The van der Waals surface area contributed by atoms with E-state index >= 15 is 0 Å². The van der Waals surface area contributed by atoms with Crippen molar-refractivity contribution in [1.82, 2.24) is 5.32 Å². The Morgan fingerprint density at radius 3 is 2.61 bits per heavy atom. The Labute approximate surface area is 144 Å². The molecule has 0 bridgehead atoms. The molecule has 1 aliphatic carbocycles. The van der Waals surface area contributed by atoms with Gasteiger partial charge in [0, 0.05) is 0 Å². The molecular weight excluding hydrogens is 339 g/mol. The van der Waals surface area contributed by atoms with Crippen molar-refractivity contribution in [2.24, 2.45) is 0 Å². The lowest BCUT2D eigenvalue weighted by Crippen LogP contribution is -2.50. The molecule has 2 rings (SSSR count). The van der Waals surface area contributed by atoms with Gasteiger partial charge in [0.05, 0.1) is 21.7 Å². The molecule has 23 heavy (non-hydrogen) atoms. The van der Waals surface area contributed by atoms with Crippen molar-refractivity contribution in [1.29, 1.82) is 5.26 Å². The summed E-state index contributed by atoms with van der Waals surface area (Å²) in [5.74, 6) is -1.23. The summed E-state index contributed by atoms with van der Waals surface area (Å²) in [6.45, 7) is -0.467. The molecule has 0 aliphatic heterocycles. The zero-order chi connectivity index (χ0) is 16.9. The lowest BCUT2D eigenvalue weighted by molar-refractivity contribution is -0.125. The SMILES string of the molecule is N#CC1(NC(=O)COC(=O)c2cccc(Cl)c2Cl)CCCCC1. The monoisotopic (exact) mass is 354 g/mol. The van der Waals surface area contributed by atoms with Gasteiger partial charge in [-0.2, -0.15) is 5.26 Å². The van der Waals surface area contributed by atoms with Crippen molar-refractivity contribution in [3.8, 4) is 6.07 Å². The van der Waals surface area contributed by atoms with Gasteiger partial charge in [-0.3, -0.25) is 4.79 Å². The third-order valence-electron chi connectivity index (χ3n) is 3.81. The van der Waals surface area contributed by atoms with Crippen LogP contribution in [0.5, 0.6) is 0 Å². The quantitative estimate of drug-likeness (QED) is 0.839. The summed E-state index contributed by atoms with van der Waals surface area (Å²) in [7, 11) is 0. The second kappa shape index (κ2) is 7.67. The smallest absolute Gasteiger partial charge is 0.340 e. The highest BCUT2D eigenvalue weighted by Gasteiger charge is 2.33. The fourth-order valence-electron chi connectivity index (χ4n) is 2.59. The van der Waals surface area contributed by atoms with Gasteiger partial charge in [0.1, 0.15) is 5.54 Å². The molecule has 1 saturated carbocycles. The number of nitrogens with zero attached hydrogens (tertiary/aromatic N) is 1. The number of benzene rings is 1. The number of carbonyl (C=O) groups excluding carboxylic acids is 2. The maximum atomic E-state index is 12.0. The van der Waals surface area contributed by atoms with Crippen LogP contribution in [0.3, 0.4) is 0 Å². The van der Waals surface area contributed by atoms with Crippen LogP contribution >= 0.6 is 23.2 Å². The van der Waals surface area contributed by atoms with Crippen molar-refractivity contribution in [2.45, 2.75) is 37.6 Å². The fraction of sp³-hybridized carbons (Fsp3) is 0.438. The molecule has 0 heterocycles. The van der Waals surface area contributed by atoms with Gasteiger partial charge in [0.25, 0.3) is 5.91 Å². The lowest BCUT2D eigenvalue weighted by atomic mass is 9.83. The van der Waals surface area contributed by atoms with Crippen molar-refractivity contribution >= 4 is 35.1 Å². The summed E-state index contributed by atoms with van der Waals surface area (Å²) in [4.78, 5) is 23.9. The van der Waals surface area contributed by atoms with Crippen LogP contribution in [0.15, 0.2) is 18.2 Å². The number of rotatable bonds is 4. The van der Waals surface area contributed by atoms with E-state index in [9.17, 15) is 14.9 Å². The number of carbonyl (C=O) groups is 2. The summed E-state index contributed by atoms with van der Waals surface area (Å²) < 4.78 is 4.95. The van der Waals surface area contributed by atoms with Crippen molar-refractivity contribution in [2.75, 3.05) is 6.61 Å². The van der Waals surface area contributed by atoms with Crippen molar-refractivity contribution in [3.63, 3.8) is 0 Å². The van der Waals surface area contributed by atoms with Gasteiger partial charge in [-0.1, -0.05) is 48.5 Å². The van der Waals surface area contributed by atoms with E-state index in [4.69, 9.17) is 27.9 Å². The Morgan fingerprint density at radius 2 is 1.96 bits per heavy atom. The van der Waals surface area contributed by atoms with Gasteiger partial charge in [-0.15, -0.1) is 0 Å². The highest BCUT2D eigenvalue weighted by Crippen LogP contribution is 2.28. The first kappa shape index (κ1) is 17.6. The number of amides is 1. The summed E-state index contributed by atoms with van der Waals surface area (Å²) in [6, 6.07) is 6.75. The highest BCUT2D eigenvalue weighted by atomic mass is 35.5. The minimum Gasteiger partial charge on any atom is -0.452 e. The van der Waals surface area contributed by atoms with E-state index in [1.165, 1.54) is 6.07 Å². The van der Waals surface area contributed by atoms with E-state index in [2.05, 4.69) is 11.4 Å². The van der Waals surface area contributed by atoms with Crippen LogP contribution in [0, 0.1) is 11.3 Å². The number of halogens is 2. The van der Waals surface area contributed by atoms with E-state index in [1.807, 2.05) is 0 Å². The molecule has 1 aromatic rings. The van der Waals surface area contributed by atoms with E-state index in [1.54, 1.807) is 12.1 Å². The normalized spacial score (nSPS) is 16.2. The molecule has 5 nitrogen and oxygen atoms in total. The highest BCUT2D eigenvalue weighted by molar-refractivity contribution is 6.43. The second-order valence-corrected chi connectivity index (χ2v) is 6.27. The molecule has 0 atom stereocenters. The number of hydrogen-bond donors (Lipinski definition) is 1. The van der Waals surface area contributed by atoms with Crippen LogP contribution in [-0.2, 0) is 9.53 Å². The maximum absolute atomic E-state index is 12.0. The molecule has 1 fully saturated rings. The molecule has 1 N–H and O–H groups in total. The number of nitriles is 1. The Kier molecular flexibility index (Phi) is 5.86. The number of esters is 1. The predicted octanol–water partition coefficient (Wildman–Crippen LogP) is 3.49. The van der Waals surface area contributed by atoms with E-state index < -0.39 is 24.0 Å². The Balaban J connectivity index is 1.92. The summed E-state index contributed by atoms with van der Waals surface area (Å²) in [5.41, 5.74) is -0.755. The van der Waals surface area contributed by atoms with E-state index in [0.29, 0.717) is 12.8 Å². The maximum Gasteiger partial charge on any atom is 0.340 e. The van der Waals surface area contributed by atoms with Gasteiger partial charge in [-0.25, -0.2) is 4.79 Å². The van der Waals surface area contributed by atoms with Crippen LogP contribution in [-0.4, -0.2) is 24.0 Å². The molecule has 122 valence electrons. The van der Waals surface area contributed by atoms with Crippen LogP contribution in [0.2, 0.25) is 10.0 Å². The Bertz CT molecular complexity index is 649. The Hall–Kier alpha value is -1.77. The van der Waals surface area contributed by atoms with Crippen molar-refractivity contribution in [3.05, 3.63) is 33.8 Å². The average Bonchev–Trinajstić information content (AvgIpc) is 2.56. The van der Waals surface area contributed by atoms with E-state index in [-0.39, 0.29) is 15.6 Å². The first-order valence-electron chi connectivity index (χ1n) is 7.31. The topological polar surface area (TPSA) is 79.2 Å². The summed E-state index contributed by atoms with van der Waals surface area (Å²) in [6.07, 6.45) is 4.08. The predicted molar refractivity (Wildman–Crippen MR) is 86.3 cm³/mol. The molecule has 0 unspecified atom stereocenters. The number of hydrogen-bond acceptors (Lipinski definition) is 4. The molecule has 1 aliphatic rings. The lowest BCUT2D eigenvalue weighted by Gasteiger charge is -2.31. The molecule has 7 heteroatoms. The molecule has 0 spiro atoms. The second-order valence-electron chi connectivity index (χ2n) is 5.48. The minimum atomic E-state index is -0.852. The first-order chi connectivity index (χ1) is 11.0. The van der Waals surface area contributed by atoms with Gasteiger partial charge in [0.15, 0.2) is 6.61 Å². The van der Waals surface area contributed by atoms with Crippen molar-refractivity contribution < 1.29 is 14.3 Å². The van der Waals surface area contributed by atoms with Crippen LogP contribution < -0.4 is 5.32 Å². The van der Waals surface area contributed by atoms with E-state index in [0.717, 1.165) is 19.3 Å². The van der Waals surface area contributed by atoms with Gasteiger partial charge < -0.3 is 10.1 Å². The number of nitrogens with one attached hydrogen (secondary N) is 1. The van der Waals surface area contributed by atoms with Gasteiger partial charge in [0.2, 0.25) is 0 Å². The molecule has 1 amide bonds. The summed E-state index contributed by atoms with van der Waals surface area (Å²) in [5, 5.41) is 12.3. The fourth-order valence-corrected chi connectivity index (χ4v) is 2.97. The van der Waals surface area contributed by atoms with Crippen LogP contribution in [0.25, 0.3) is 0 Å². The zero-order valence-electron chi connectivity index (χ0n) is 12.4. The molecule has 0 radical (unpaired) electrons. The molecular formula is C16H16Cl2N2O3. The molecule has 1 aromatic carbocycles. The molecule has 0 saturated heterocycles. The largest absolute Gasteiger partial charge is 0.452 e. The minimum absolute atomic E-state index is 0.0837. The third-order valence-corrected chi connectivity index (χ3v) is 4.62. The van der Waals surface area contributed by atoms with Crippen LogP contribution in [0.1, 0.15) is 42.5 Å². The first-order valence-corrected chi connectivity index (χ1v) is 8.06. The Morgan fingerprint density at radius 1 is 1.26 bits per heavy atom. The summed E-state index contributed by atoms with van der Waals surface area (Å²) >= 11 is 11.8. The van der Waals surface area contributed by atoms with Gasteiger partial charge in [-0.05, 0) is 25.0 Å². The third kappa shape index (κ3) is 4.37. The average molecular weight is 355 g/mol. The standard InChI is InChI=1S/C16H16Cl2N2O3/c17-12-6-4-5-11(14(12)18)15(22)23-9-13(21)20-16(10-19)7-2-1-3-8-16/h4-6H,1-3,7-9H2,(H,20,21). The number of ether oxygens (including phenoxy) is 1. The van der Waals surface area contributed by atoms with Crippen LogP contribution in [0.4, 0.5) is 0 Å².